The van der Waals surface area contributed by atoms with Crippen molar-refractivity contribution in [2.24, 2.45) is 0 Å². The first kappa shape index (κ1) is 15.4. The third kappa shape index (κ3) is 3.31. The number of amides is 1. The molecule has 2 aliphatic heterocycles. The van der Waals surface area contributed by atoms with E-state index in [0.717, 1.165) is 57.5 Å². The monoisotopic (exact) mass is 303 g/mol. The van der Waals surface area contributed by atoms with Gasteiger partial charge in [-0.25, -0.2) is 0 Å². The Kier molecular flexibility index (Phi) is 4.74. The average Bonchev–Trinajstić information content (AvgIpc) is 2.56. The molecule has 0 bridgehead atoms. The van der Waals surface area contributed by atoms with Gasteiger partial charge in [-0.2, -0.15) is 0 Å². The minimum absolute atomic E-state index is 0.0277. The Morgan fingerprint density at radius 2 is 2.14 bits per heavy atom. The predicted octanol–water partition coefficient (Wildman–Crippen LogP) is 1.84. The number of carbonyl (C=O) groups is 1. The number of carbonyl (C=O) groups excluding carboxylic acids is 1. The molecule has 0 aromatic carbocycles. The number of piperidine rings is 1. The first-order valence-electron chi connectivity index (χ1n) is 8.29. The largest absolute Gasteiger partial charge is 0.375 e. The molecule has 2 fully saturated rings. The Balaban J connectivity index is 1.59. The lowest BCUT2D eigenvalue weighted by Crippen LogP contribution is -2.53. The summed E-state index contributed by atoms with van der Waals surface area (Å²) in [5, 5.41) is 3.55. The van der Waals surface area contributed by atoms with Gasteiger partial charge in [0.2, 0.25) is 0 Å². The highest BCUT2D eigenvalue weighted by molar-refractivity contribution is 5.94. The van der Waals surface area contributed by atoms with Gasteiger partial charge in [0.1, 0.15) is 0 Å². The van der Waals surface area contributed by atoms with Crippen LogP contribution >= 0.6 is 0 Å². The standard InChI is InChI=1S/C17H25N3O2/c1-2-19-15-5-12-22-17(13-15)6-10-20(11-7-17)16(21)14-3-8-18-9-4-14/h3-4,8-9,15,19H,2,5-7,10-13H2,1H3. The third-order valence-corrected chi connectivity index (χ3v) is 4.87. The molecule has 3 rings (SSSR count). The Morgan fingerprint density at radius 1 is 1.41 bits per heavy atom. The van der Waals surface area contributed by atoms with Gasteiger partial charge in [0.15, 0.2) is 0 Å². The number of hydrogen-bond acceptors (Lipinski definition) is 4. The van der Waals surface area contributed by atoms with E-state index in [-0.39, 0.29) is 11.5 Å². The number of pyridine rings is 1. The van der Waals surface area contributed by atoms with Gasteiger partial charge >= 0.3 is 0 Å². The molecule has 0 aliphatic carbocycles. The van der Waals surface area contributed by atoms with Gasteiger partial charge in [0, 0.05) is 43.7 Å². The highest BCUT2D eigenvalue weighted by atomic mass is 16.5. The van der Waals surface area contributed by atoms with E-state index in [4.69, 9.17) is 4.74 Å². The number of likely N-dealkylation sites (tertiary alicyclic amines) is 1. The first-order chi connectivity index (χ1) is 10.7. The molecule has 3 heterocycles. The van der Waals surface area contributed by atoms with Crippen LogP contribution in [0, 0.1) is 0 Å². The lowest BCUT2D eigenvalue weighted by atomic mass is 9.82. The number of aromatic nitrogens is 1. The summed E-state index contributed by atoms with van der Waals surface area (Å²) in [5.74, 6) is 0.108. The van der Waals surface area contributed by atoms with Crippen molar-refractivity contribution < 1.29 is 9.53 Å². The van der Waals surface area contributed by atoms with Gasteiger partial charge in [-0.05, 0) is 44.4 Å². The van der Waals surface area contributed by atoms with Crippen LogP contribution < -0.4 is 5.32 Å². The highest BCUT2D eigenvalue weighted by Crippen LogP contribution is 2.35. The molecule has 1 unspecified atom stereocenters. The summed E-state index contributed by atoms with van der Waals surface area (Å²) >= 11 is 0. The highest BCUT2D eigenvalue weighted by Gasteiger charge is 2.41. The van der Waals surface area contributed by atoms with Crippen molar-refractivity contribution in [1.82, 2.24) is 15.2 Å². The summed E-state index contributed by atoms with van der Waals surface area (Å²) in [6.07, 6.45) is 7.37. The smallest absolute Gasteiger partial charge is 0.253 e. The summed E-state index contributed by atoms with van der Waals surface area (Å²) in [5.41, 5.74) is 0.696. The maximum atomic E-state index is 12.5. The molecule has 5 nitrogen and oxygen atoms in total. The number of hydrogen-bond donors (Lipinski definition) is 1. The summed E-state index contributed by atoms with van der Waals surface area (Å²) in [7, 11) is 0. The minimum atomic E-state index is -0.0277. The van der Waals surface area contributed by atoms with Crippen LogP contribution in [0.5, 0.6) is 0 Å². The van der Waals surface area contributed by atoms with Crippen LogP contribution in [0.2, 0.25) is 0 Å². The van der Waals surface area contributed by atoms with Crippen LogP contribution in [0.15, 0.2) is 24.5 Å². The molecule has 0 radical (unpaired) electrons. The summed E-state index contributed by atoms with van der Waals surface area (Å²) < 4.78 is 6.13. The number of nitrogens with zero attached hydrogens (tertiary/aromatic N) is 2. The molecular formula is C17H25N3O2. The summed E-state index contributed by atoms with van der Waals surface area (Å²) in [6.45, 7) is 5.54. The third-order valence-electron chi connectivity index (χ3n) is 4.87. The van der Waals surface area contributed by atoms with Crippen LogP contribution in [-0.2, 0) is 4.74 Å². The van der Waals surface area contributed by atoms with E-state index < -0.39 is 0 Å². The molecule has 1 aromatic rings. The Bertz CT molecular complexity index is 496. The fraction of sp³-hybridized carbons (Fsp3) is 0.647. The maximum Gasteiger partial charge on any atom is 0.253 e. The molecule has 1 N–H and O–H groups in total. The predicted molar refractivity (Wildman–Crippen MR) is 84.8 cm³/mol. The lowest BCUT2D eigenvalue weighted by Gasteiger charge is -2.46. The second-order valence-corrected chi connectivity index (χ2v) is 6.31. The Hall–Kier alpha value is -1.46. The second-order valence-electron chi connectivity index (χ2n) is 6.31. The van der Waals surface area contributed by atoms with Crippen molar-refractivity contribution in [2.45, 2.75) is 44.2 Å². The van der Waals surface area contributed by atoms with E-state index in [1.54, 1.807) is 24.5 Å². The van der Waals surface area contributed by atoms with E-state index in [0.29, 0.717) is 6.04 Å². The van der Waals surface area contributed by atoms with Crippen molar-refractivity contribution in [3.05, 3.63) is 30.1 Å². The zero-order valence-corrected chi connectivity index (χ0v) is 13.3. The van der Waals surface area contributed by atoms with Crippen molar-refractivity contribution in [1.29, 1.82) is 0 Å². The zero-order valence-electron chi connectivity index (χ0n) is 13.3. The van der Waals surface area contributed by atoms with Crippen LogP contribution in [0.4, 0.5) is 0 Å². The molecular weight excluding hydrogens is 278 g/mol. The summed E-state index contributed by atoms with van der Waals surface area (Å²) in [4.78, 5) is 18.4. The molecule has 0 saturated carbocycles. The molecule has 2 saturated heterocycles. The molecule has 1 spiro atoms. The number of ether oxygens (including phenoxy) is 1. The summed E-state index contributed by atoms with van der Waals surface area (Å²) in [6, 6.07) is 4.12. The van der Waals surface area contributed by atoms with Gasteiger partial charge < -0.3 is 15.0 Å². The SMILES string of the molecule is CCNC1CCOC2(CCN(C(=O)c3ccncc3)CC2)C1. The molecule has 2 aliphatic rings. The van der Waals surface area contributed by atoms with Crippen molar-refractivity contribution >= 4 is 5.91 Å². The van der Waals surface area contributed by atoms with E-state index in [1.165, 1.54) is 0 Å². The normalized spacial score (nSPS) is 24.4. The fourth-order valence-corrected chi connectivity index (χ4v) is 3.63. The van der Waals surface area contributed by atoms with Crippen LogP contribution in [0.25, 0.3) is 0 Å². The zero-order chi connectivity index (χ0) is 15.4. The quantitative estimate of drug-likeness (QED) is 0.926. The molecule has 5 heteroatoms. The van der Waals surface area contributed by atoms with Gasteiger partial charge in [-0.1, -0.05) is 6.92 Å². The van der Waals surface area contributed by atoms with Gasteiger partial charge in [0.05, 0.1) is 5.60 Å². The van der Waals surface area contributed by atoms with Crippen LogP contribution in [0.3, 0.4) is 0 Å². The van der Waals surface area contributed by atoms with E-state index in [2.05, 4.69) is 17.2 Å². The minimum Gasteiger partial charge on any atom is -0.375 e. The molecule has 22 heavy (non-hydrogen) atoms. The maximum absolute atomic E-state index is 12.5. The van der Waals surface area contributed by atoms with Crippen LogP contribution in [-0.4, -0.2) is 53.7 Å². The Morgan fingerprint density at radius 3 is 2.82 bits per heavy atom. The number of rotatable bonds is 3. The second kappa shape index (κ2) is 6.75. The average molecular weight is 303 g/mol. The fourth-order valence-electron chi connectivity index (χ4n) is 3.63. The number of nitrogens with one attached hydrogen (secondary N) is 1. The van der Waals surface area contributed by atoms with Gasteiger partial charge in [-0.15, -0.1) is 0 Å². The van der Waals surface area contributed by atoms with Gasteiger partial charge in [-0.3, -0.25) is 9.78 Å². The Labute approximate surface area is 132 Å². The van der Waals surface area contributed by atoms with Crippen molar-refractivity contribution in [2.75, 3.05) is 26.2 Å². The van der Waals surface area contributed by atoms with Gasteiger partial charge in [0.25, 0.3) is 5.91 Å². The van der Waals surface area contributed by atoms with E-state index in [1.807, 2.05) is 4.90 Å². The van der Waals surface area contributed by atoms with Crippen molar-refractivity contribution in [3.8, 4) is 0 Å². The van der Waals surface area contributed by atoms with Crippen LogP contribution in [0.1, 0.15) is 43.0 Å². The topological polar surface area (TPSA) is 54.5 Å². The molecule has 1 amide bonds. The molecule has 1 aromatic heterocycles. The molecule has 120 valence electrons. The molecule has 1 atom stereocenters. The van der Waals surface area contributed by atoms with E-state index in [9.17, 15) is 4.79 Å². The first-order valence-corrected chi connectivity index (χ1v) is 8.29. The van der Waals surface area contributed by atoms with E-state index >= 15 is 0 Å². The van der Waals surface area contributed by atoms with Crippen molar-refractivity contribution in [3.63, 3.8) is 0 Å². The lowest BCUT2D eigenvalue weighted by molar-refractivity contribution is -0.115.